The molecule has 0 bridgehead atoms. The molecule has 0 spiro atoms. The molecule has 1 heterocycles. The van der Waals surface area contributed by atoms with Gasteiger partial charge in [0.2, 0.25) is 0 Å². The van der Waals surface area contributed by atoms with Crippen LogP contribution in [0.3, 0.4) is 0 Å². The number of hydrogen-bond acceptors (Lipinski definition) is 2. The molecule has 0 aromatic rings. The van der Waals surface area contributed by atoms with Crippen LogP contribution < -0.4 is 5.32 Å². The highest BCUT2D eigenvalue weighted by Gasteiger charge is 2.15. The first kappa shape index (κ1) is 10.1. The minimum atomic E-state index is 0.930. The predicted molar refractivity (Wildman–Crippen MR) is 57.7 cm³/mol. The fourth-order valence-corrected chi connectivity index (χ4v) is 2.84. The van der Waals surface area contributed by atoms with Gasteiger partial charge in [0, 0.05) is 0 Å². The third-order valence-corrected chi connectivity index (χ3v) is 3.56. The summed E-state index contributed by atoms with van der Waals surface area (Å²) in [4.78, 5) is 0. The molecule has 1 aliphatic heterocycles. The zero-order valence-corrected chi connectivity index (χ0v) is 8.75. The summed E-state index contributed by atoms with van der Waals surface area (Å²) in [6, 6.07) is 0. The van der Waals surface area contributed by atoms with Crippen molar-refractivity contribution < 1.29 is 0 Å². The molecule has 1 fully saturated rings. The molecule has 1 atom stereocenters. The van der Waals surface area contributed by atoms with Gasteiger partial charge in [-0.25, -0.2) is 0 Å². The lowest BCUT2D eigenvalue weighted by molar-refractivity contribution is 0.577. The monoisotopic (exact) mass is 185 g/mol. The summed E-state index contributed by atoms with van der Waals surface area (Å²) >= 11 is 2.09. The molecule has 0 aliphatic carbocycles. The lowest BCUT2D eigenvalue weighted by Gasteiger charge is -2.10. The number of hydrogen-bond donors (Lipinski definition) is 1. The second-order valence-electron chi connectivity index (χ2n) is 3.54. The number of thioether (sulfide) groups is 1. The van der Waals surface area contributed by atoms with E-state index in [4.69, 9.17) is 0 Å². The first-order chi connectivity index (χ1) is 5.83. The van der Waals surface area contributed by atoms with E-state index in [2.05, 4.69) is 23.7 Å². The minimum Gasteiger partial charge on any atom is -0.319 e. The summed E-state index contributed by atoms with van der Waals surface area (Å²) in [5, 5.41) is 3.16. The van der Waals surface area contributed by atoms with Gasteiger partial charge >= 0.3 is 0 Å². The normalized spacial score (nSPS) is 22.9. The van der Waals surface area contributed by atoms with Crippen LogP contribution in [0.15, 0.2) is 12.2 Å². The summed E-state index contributed by atoms with van der Waals surface area (Å²) < 4.78 is 0. The van der Waals surface area contributed by atoms with Gasteiger partial charge in [-0.3, -0.25) is 0 Å². The summed E-state index contributed by atoms with van der Waals surface area (Å²) in [5.74, 6) is 3.65. The molecule has 1 unspecified atom stereocenters. The molecule has 0 aromatic carbocycles. The minimum absolute atomic E-state index is 0.930. The zero-order valence-electron chi connectivity index (χ0n) is 7.94. The average molecular weight is 185 g/mol. The lowest BCUT2D eigenvalue weighted by Crippen LogP contribution is -2.09. The van der Waals surface area contributed by atoms with Crippen molar-refractivity contribution in [1.29, 1.82) is 0 Å². The molecule has 12 heavy (non-hydrogen) atoms. The van der Waals surface area contributed by atoms with Gasteiger partial charge in [-0.2, -0.15) is 11.8 Å². The second kappa shape index (κ2) is 5.65. The standard InChI is InChI=1S/C10H19NS/c1-9(3-5-11-2)7-10-4-6-12-8-10/h10-11H,1,3-8H2,2H3. The van der Waals surface area contributed by atoms with Crippen LogP contribution in [0.2, 0.25) is 0 Å². The molecule has 2 heteroatoms. The molecule has 1 nitrogen and oxygen atoms in total. The van der Waals surface area contributed by atoms with Gasteiger partial charge in [0.1, 0.15) is 0 Å². The molecule has 0 aromatic heterocycles. The van der Waals surface area contributed by atoms with Crippen molar-refractivity contribution in [2.75, 3.05) is 25.1 Å². The van der Waals surface area contributed by atoms with E-state index < -0.39 is 0 Å². The Labute approximate surface area is 80.0 Å². The summed E-state index contributed by atoms with van der Waals surface area (Å²) in [7, 11) is 2.00. The maximum Gasteiger partial charge on any atom is -0.00147 e. The summed E-state index contributed by atoms with van der Waals surface area (Å²) in [6.45, 7) is 5.19. The van der Waals surface area contributed by atoms with Gasteiger partial charge in [0.05, 0.1) is 0 Å². The Kier molecular flexibility index (Phi) is 4.77. The third kappa shape index (κ3) is 3.63. The van der Waals surface area contributed by atoms with Crippen molar-refractivity contribution in [2.24, 2.45) is 5.92 Å². The smallest absolute Gasteiger partial charge is 0.00147 e. The van der Waals surface area contributed by atoms with E-state index in [1.54, 1.807) is 0 Å². The molecular weight excluding hydrogens is 166 g/mol. The molecule has 1 aliphatic rings. The van der Waals surface area contributed by atoms with Gasteiger partial charge in [-0.05, 0) is 50.3 Å². The van der Waals surface area contributed by atoms with E-state index in [0.717, 1.165) is 18.9 Å². The van der Waals surface area contributed by atoms with E-state index in [-0.39, 0.29) is 0 Å². The van der Waals surface area contributed by atoms with Crippen molar-refractivity contribution in [3.05, 3.63) is 12.2 Å². The van der Waals surface area contributed by atoms with E-state index in [1.807, 2.05) is 7.05 Å². The molecule has 1 saturated heterocycles. The van der Waals surface area contributed by atoms with Crippen molar-refractivity contribution in [3.8, 4) is 0 Å². The van der Waals surface area contributed by atoms with Gasteiger partial charge in [-0.1, -0.05) is 12.2 Å². The Bertz CT molecular complexity index is 139. The van der Waals surface area contributed by atoms with Crippen LogP contribution in [0.4, 0.5) is 0 Å². The van der Waals surface area contributed by atoms with Crippen molar-refractivity contribution >= 4 is 11.8 Å². The topological polar surface area (TPSA) is 12.0 Å². The highest BCUT2D eigenvalue weighted by Crippen LogP contribution is 2.28. The van der Waals surface area contributed by atoms with Crippen LogP contribution >= 0.6 is 11.8 Å². The van der Waals surface area contributed by atoms with Gasteiger partial charge in [-0.15, -0.1) is 0 Å². The molecule has 0 amide bonds. The number of nitrogens with one attached hydrogen (secondary N) is 1. The van der Waals surface area contributed by atoms with E-state index in [1.165, 1.54) is 29.9 Å². The Morgan fingerprint density at radius 3 is 3.08 bits per heavy atom. The van der Waals surface area contributed by atoms with Gasteiger partial charge in [0.15, 0.2) is 0 Å². The third-order valence-electron chi connectivity index (χ3n) is 2.33. The first-order valence-corrected chi connectivity index (χ1v) is 5.87. The van der Waals surface area contributed by atoms with Crippen LogP contribution in [0.1, 0.15) is 19.3 Å². The van der Waals surface area contributed by atoms with Crippen LogP contribution in [0, 0.1) is 5.92 Å². The summed E-state index contributed by atoms with van der Waals surface area (Å²) in [5.41, 5.74) is 1.43. The maximum absolute atomic E-state index is 4.11. The van der Waals surface area contributed by atoms with Crippen molar-refractivity contribution in [1.82, 2.24) is 5.32 Å². The highest BCUT2D eigenvalue weighted by atomic mass is 32.2. The quantitative estimate of drug-likeness (QED) is 0.660. The van der Waals surface area contributed by atoms with Crippen molar-refractivity contribution in [2.45, 2.75) is 19.3 Å². The molecular formula is C10H19NS. The Morgan fingerprint density at radius 1 is 1.67 bits per heavy atom. The fourth-order valence-electron chi connectivity index (χ4n) is 1.56. The van der Waals surface area contributed by atoms with Crippen LogP contribution in [0.25, 0.3) is 0 Å². The fraction of sp³-hybridized carbons (Fsp3) is 0.800. The zero-order chi connectivity index (χ0) is 8.81. The Balaban J connectivity index is 2.08. The Hall–Kier alpha value is 0.0500. The second-order valence-corrected chi connectivity index (χ2v) is 4.69. The molecule has 1 rings (SSSR count). The van der Waals surface area contributed by atoms with Crippen LogP contribution in [-0.2, 0) is 0 Å². The number of rotatable bonds is 5. The molecule has 1 N–H and O–H groups in total. The highest BCUT2D eigenvalue weighted by molar-refractivity contribution is 7.99. The van der Waals surface area contributed by atoms with E-state index in [0.29, 0.717) is 0 Å². The SMILES string of the molecule is C=C(CCNC)CC1CCSC1. The largest absolute Gasteiger partial charge is 0.319 e. The van der Waals surface area contributed by atoms with E-state index in [9.17, 15) is 0 Å². The van der Waals surface area contributed by atoms with Crippen molar-refractivity contribution in [3.63, 3.8) is 0 Å². The first-order valence-electron chi connectivity index (χ1n) is 4.72. The predicted octanol–water partition coefficient (Wildman–Crippen LogP) is 2.30. The van der Waals surface area contributed by atoms with Gasteiger partial charge in [0.25, 0.3) is 0 Å². The van der Waals surface area contributed by atoms with Gasteiger partial charge < -0.3 is 5.32 Å². The maximum atomic E-state index is 4.11. The summed E-state index contributed by atoms with van der Waals surface area (Å²) in [6.07, 6.45) is 3.82. The van der Waals surface area contributed by atoms with Crippen LogP contribution in [0.5, 0.6) is 0 Å². The average Bonchev–Trinajstić information content (AvgIpc) is 2.53. The molecule has 70 valence electrons. The molecule has 0 saturated carbocycles. The van der Waals surface area contributed by atoms with E-state index >= 15 is 0 Å². The lowest BCUT2D eigenvalue weighted by atomic mass is 9.98. The van der Waals surface area contributed by atoms with Crippen LogP contribution in [-0.4, -0.2) is 25.1 Å². The molecule has 0 radical (unpaired) electrons. The Morgan fingerprint density at radius 2 is 2.50 bits per heavy atom.